The van der Waals surface area contributed by atoms with Crippen molar-refractivity contribution >= 4 is 0 Å². The van der Waals surface area contributed by atoms with Crippen LogP contribution in [-0.4, -0.2) is 77.5 Å². The number of H-pyrrole nitrogens is 1. The number of hydrogen-bond donors (Lipinski definition) is 2. The largest absolute Gasteiger partial charge is 0.493 e. The first-order valence-electron chi connectivity index (χ1n) is 10.2. The summed E-state index contributed by atoms with van der Waals surface area (Å²) in [6.07, 6.45) is 5.75. The van der Waals surface area contributed by atoms with Crippen LogP contribution in [-0.2, 0) is 17.8 Å². The summed E-state index contributed by atoms with van der Waals surface area (Å²) < 4.78 is 11.5. The van der Waals surface area contributed by atoms with Gasteiger partial charge in [0, 0.05) is 44.1 Å². The molecule has 3 rings (SSSR count). The standard InChI is InChI=1S/C21H32N4O3/c26-13-10-25(18-21-22-7-8-23-21)17-19-5-1-2-6-20(19)28-14-4-3-9-24-11-15-27-16-12-24/h1-2,5-8,26H,3-4,9-18H2,(H,22,23). The fourth-order valence-corrected chi connectivity index (χ4v) is 3.41. The zero-order chi connectivity index (χ0) is 19.4. The maximum absolute atomic E-state index is 9.41. The fraction of sp³-hybridized carbons (Fsp3) is 0.571. The molecule has 1 aliphatic rings. The van der Waals surface area contributed by atoms with Crippen LogP contribution >= 0.6 is 0 Å². The van der Waals surface area contributed by atoms with Crippen LogP contribution in [0.5, 0.6) is 5.75 Å². The number of morpholine rings is 1. The predicted octanol–water partition coefficient (Wildman–Crippen LogP) is 1.90. The minimum absolute atomic E-state index is 0.116. The summed E-state index contributed by atoms with van der Waals surface area (Å²) in [5.41, 5.74) is 1.13. The number of unbranched alkanes of at least 4 members (excludes halogenated alkanes) is 1. The molecule has 0 unspecified atom stereocenters. The lowest BCUT2D eigenvalue weighted by Crippen LogP contribution is -2.36. The third kappa shape index (κ3) is 6.91. The average molecular weight is 389 g/mol. The molecule has 0 amide bonds. The van der Waals surface area contributed by atoms with Crippen LogP contribution in [0.25, 0.3) is 0 Å². The Hall–Kier alpha value is -1.93. The van der Waals surface area contributed by atoms with E-state index in [1.807, 2.05) is 24.4 Å². The summed E-state index contributed by atoms with van der Waals surface area (Å²) in [7, 11) is 0. The molecule has 1 saturated heterocycles. The number of benzene rings is 1. The summed E-state index contributed by atoms with van der Waals surface area (Å²) in [4.78, 5) is 12.0. The second-order valence-electron chi connectivity index (χ2n) is 7.09. The van der Waals surface area contributed by atoms with Crippen LogP contribution in [0.4, 0.5) is 0 Å². The molecule has 1 aromatic heterocycles. The van der Waals surface area contributed by atoms with Crippen molar-refractivity contribution in [2.75, 3.05) is 52.6 Å². The lowest BCUT2D eigenvalue weighted by Gasteiger charge is -2.26. The molecular formula is C21H32N4O3. The van der Waals surface area contributed by atoms with Crippen LogP contribution < -0.4 is 4.74 Å². The Morgan fingerprint density at radius 1 is 1.18 bits per heavy atom. The summed E-state index contributed by atoms with van der Waals surface area (Å²) in [6.45, 7) is 7.71. The normalized spacial score (nSPS) is 15.2. The van der Waals surface area contributed by atoms with Crippen LogP contribution in [0.15, 0.2) is 36.7 Å². The Balaban J connectivity index is 1.46. The molecule has 0 saturated carbocycles. The number of nitrogens with one attached hydrogen (secondary N) is 1. The molecule has 1 fully saturated rings. The molecule has 0 atom stereocenters. The van der Waals surface area contributed by atoms with E-state index >= 15 is 0 Å². The molecule has 2 heterocycles. The number of hydrogen-bond acceptors (Lipinski definition) is 6. The van der Waals surface area contributed by atoms with Crippen LogP contribution in [0, 0.1) is 0 Å². The molecule has 0 spiro atoms. The number of ether oxygens (including phenoxy) is 2. The third-order valence-corrected chi connectivity index (χ3v) is 4.94. The van der Waals surface area contributed by atoms with Gasteiger partial charge in [0.1, 0.15) is 11.6 Å². The Morgan fingerprint density at radius 3 is 2.82 bits per heavy atom. The molecule has 0 aliphatic carbocycles. The zero-order valence-corrected chi connectivity index (χ0v) is 16.6. The summed E-state index contributed by atoms with van der Waals surface area (Å²) in [5.74, 6) is 1.83. The Kier molecular flexibility index (Phi) is 8.77. The quantitative estimate of drug-likeness (QED) is 0.541. The van der Waals surface area contributed by atoms with Crippen molar-refractivity contribution in [2.45, 2.75) is 25.9 Å². The first-order chi connectivity index (χ1) is 13.8. The molecule has 7 nitrogen and oxygen atoms in total. The Labute approximate surface area is 167 Å². The number of aromatic nitrogens is 2. The van der Waals surface area contributed by atoms with Crippen LogP contribution in [0.1, 0.15) is 24.2 Å². The molecule has 0 radical (unpaired) electrons. The van der Waals surface area contributed by atoms with Gasteiger partial charge in [-0.2, -0.15) is 0 Å². The predicted molar refractivity (Wildman–Crippen MR) is 108 cm³/mol. The minimum Gasteiger partial charge on any atom is -0.493 e. The summed E-state index contributed by atoms with van der Waals surface area (Å²) in [6, 6.07) is 8.16. The number of aromatic amines is 1. The van der Waals surface area contributed by atoms with Gasteiger partial charge >= 0.3 is 0 Å². The van der Waals surface area contributed by atoms with Crippen molar-refractivity contribution in [2.24, 2.45) is 0 Å². The van der Waals surface area contributed by atoms with Gasteiger partial charge in [-0.1, -0.05) is 18.2 Å². The van der Waals surface area contributed by atoms with Gasteiger partial charge in [-0.3, -0.25) is 9.80 Å². The molecule has 154 valence electrons. The van der Waals surface area contributed by atoms with Crippen molar-refractivity contribution in [3.63, 3.8) is 0 Å². The second kappa shape index (κ2) is 11.8. The van der Waals surface area contributed by atoms with Crippen molar-refractivity contribution in [3.8, 4) is 5.75 Å². The van der Waals surface area contributed by atoms with Gasteiger partial charge < -0.3 is 19.6 Å². The van der Waals surface area contributed by atoms with Gasteiger partial charge in [-0.25, -0.2) is 4.98 Å². The zero-order valence-electron chi connectivity index (χ0n) is 16.6. The third-order valence-electron chi connectivity index (χ3n) is 4.94. The number of aliphatic hydroxyl groups excluding tert-OH is 1. The van der Waals surface area contributed by atoms with E-state index < -0.39 is 0 Å². The van der Waals surface area contributed by atoms with E-state index in [1.54, 1.807) is 6.20 Å². The lowest BCUT2D eigenvalue weighted by molar-refractivity contribution is 0.0368. The number of nitrogens with zero attached hydrogens (tertiary/aromatic N) is 3. The Bertz CT molecular complexity index is 659. The molecular weight excluding hydrogens is 356 g/mol. The highest BCUT2D eigenvalue weighted by atomic mass is 16.5. The van der Waals surface area contributed by atoms with Crippen molar-refractivity contribution in [1.82, 2.24) is 19.8 Å². The van der Waals surface area contributed by atoms with E-state index in [1.165, 1.54) is 0 Å². The van der Waals surface area contributed by atoms with Gasteiger partial charge in [-0.15, -0.1) is 0 Å². The minimum atomic E-state index is 0.116. The Morgan fingerprint density at radius 2 is 2.04 bits per heavy atom. The van der Waals surface area contributed by atoms with Gasteiger partial charge in [0.2, 0.25) is 0 Å². The highest BCUT2D eigenvalue weighted by Crippen LogP contribution is 2.21. The van der Waals surface area contributed by atoms with E-state index in [9.17, 15) is 5.11 Å². The molecule has 1 aliphatic heterocycles. The van der Waals surface area contributed by atoms with E-state index in [4.69, 9.17) is 9.47 Å². The molecule has 1 aromatic carbocycles. The second-order valence-corrected chi connectivity index (χ2v) is 7.09. The van der Waals surface area contributed by atoms with Gasteiger partial charge in [0.15, 0.2) is 0 Å². The molecule has 2 N–H and O–H groups in total. The average Bonchev–Trinajstić information content (AvgIpc) is 3.23. The fourth-order valence-electron chi connectivity index (χ4n) is 3.41. The smallest absolute Gasteiger partial charge is 0.123 e. The molecule has 0 bridgehead atoms. The van der Waals surface area contributed by atoms with E-state index in [-0.39, 0.29) is 6.61 Å². The van der Waals surface area contributed by atoms with Gasteiger partial charge in [0.25, 0.3) is 0 Å². The first-order valence-corrected chi connectivity index (χ1v) is 10.2. The highest BCUT2D eigenvalue weighted by Gasteiger charge is 2.12. The van der Waals surface area contributed by atoms with E-state index in [2.05, 4.69) is 25.8 Å². The van der Waals surface area contributed by atoms with Gasteiger partial charge in [0.05, 0.1) is 33.0 Å². The van der Waals surface area contributed by atoms with E-state index in [0.29, 0.717) is 19.6 Å². The van der Waals surface area contributed by atoms with Crippen LogP contribution in [0.2, 0.25) is 0 Å². The summed E-state index contributed by atoms with van der Waals surface area (Å²) >= 11 is 0. The van der Waals surface area contributed by atoms with Crippen molar-refractivity contribution < 1.29 is 14.6 Å². The molecule has 2 aromatic rings. The topological polar surface area (TPSA) is 73.8 Å². The number of rotatable bonds is 12. The molecule has 28 heavy (non-hydrogen) atoms. The number of para-hydroxylation sites is 1. The maximum Gasteiger partial charge on any atom is 0.123 e. The molecule has 7 heteroatoms. The summed E-state index contributed by atoms with van der Waals surface area (Å²) in [5, 5.41) is 9.41. The number of imidazole rings is 1. The van der Waals surface area contributed by atoms with Crippen LogP contribution in [0.3, 0.4) is 0 Å². The highest BCUT2D eigenvalue weighted by molar-refractivity contribution is 5.33. The van der Waals surface area contributed by atoms with Crippen molar-refractivity contribution in [1.29, 1.82) is 0 Å². The number of aliphatic hydroxyl groups is 1. The maximum atomic E-state index is 9.41. The SMILES string of the molecule is OCCN(Cc1ncc[nH]1)Cc1ccccc1OCCCCN1CCOCC1. The van der Waals surface area contributed by atoms with Crippen molar-refractivity contribution in [3.05, 3.63) is 48.0 Å². The first kappa shape index (κ1) is 20.8. The van der Waals surface area contributed by atoms with Gasteiger partial charge in [-0.05, 0) is 25.5 Å². The lowest BCUT2D eigenvalue weighted by atomic mass is 10.2. The monoisotopic (exact) mass is 388 g/mol. The van der Waals surface area contributed by atoms with E-state index in [0.717, 1.165) is 69.4 Å².